The van der Waals surface area contributed by atoms with Crippen LogP contribution in [0.4, 0.5) is 13.2 Å². The van der Waals surface area contributed by atoms with Crippen molar-refractivity contribution in [2.75, 3.05) is 0 Å². The van der Waals surface area contributed by atoms with Crippen LogP contribution in [0, 0.1) is 0 Å². The summed E-state index contributed by atoms with van der Waals surface area (Å²) in [7, 11) is 0. The SMILES string of the molecule is NCc1ccc(Br)cc1Sc1ccc(C(F)(F)F)cn1. The lowest BCUT2D eigenvalue weighted by Crippen LogP contribution is -2.05. The first-order valence-corrected chi connectivity index (χ1v) is 7.20. The van der Waals surface area contributed by atoms with Crippen molar-refractivity contribution in [1.29, 1.82) is 0 Å². The maximum Gasteiger partial charge on any atom is 0.417 e. The minimum absolute atomic E-state index is 0.357. The number of hydrogen-bond acceptors (Lipinski definition) is 3. The van der Waals surface area contributed by atoms with Crippen LogP contribution in [-0.2, 0) is 12.7 Å². The van der Waals surface area contributed by atoms with Crippen molar-refractivity contribution in [2.45, 2.75) is 22.6 Å². The molecule has 0 saturated heterocycles. The lowest BCUT2D eigenvalue weighted by molar-refractivity contribution is -0.137. The number of alkyl halides is 3. The summed E-state index contributed by atoms with van der Waals surface area (Å²) in [6.45, 7) is 0.357. The van der Waals surface area contributed by atoms with Gasteiger partial charge in [-0.3, -0.25) is 0 Å². The largest absolute Gasteiger partial charge is 0.417 e. The van der Waals surface area contributed by atoms with Crippen LogP contribution in [0.1, 0.15) is 11.1 Å². The highest BCUT2D eigenvalue weighted by molar-refractivity contribution is 9.10. The summed E-state index contributed by atoms with van der Waals surface area (Å²) >= 11 is 4.64. The third-order valence-corrected chi connectivity index (χ3v) is 4.07. The molecular weight excluding hydrogens is 353 g/mol. The smallest absolute Gasteiger partial charge is 0.326 e. The molecule has 1 aromatic heterocycles. The topological polar surface area (TPSA) is 38.9 Å². The van der Waals surface area contributed by atoms with Gasteiger partial charge in [-0.25, -0.2) is 4.98 Å². The molecule has 0 amide bonds. The molecule has 0 bridgehead atoms. The third-order valence-electron chi connectivity index (χ3n) is 2.53. The number of halogens is 4. The van der Waals surface area contributed by atoms with Crippen LogP contribution < -0.4 is 5.73 Å². The summed E-state index contributed by atoms with van der Waals surface area (Å²) in [5.41, 5.74) is 5.80. The third kappa shape index (κ3) is 3.74. The molecule has 0 aliphatic carbocycles. The van der Waals surface area contributed by atoms with Gasteiger partial charge < -0.3 is 5.73 Å². The van der Waals surface area contributed by atoms with Crippen LogP contribution in [0.5, 0.6) is 0 Å². The second kappa shape index (κ2) is 6.15. The molecule has 0 radical (unpaired) electrons. The monoisotopic (exact) mass is 362 g/mol. The van der Waals surface area contributed by atoms with Crippen LogP contribution in [-0.4, -0.2) is 4.98 Å². The average Bonchev–Trinajstić information content (AvgIpc) is 2.38. The van der Waals surface area contributed by atoms with E-state index in [1.807, 2.05) is 18.2 Å². The normalized spacial score (nSPS) is 11.7. The van der Waals surface area contributed by atoms with E-state index in [-0.39, 0.29) is 0 Å². The van der Waals surface area contributed by atoms with Gasteiger partial charge in [-0.1, -0.05) is 33.8 Å². The lowest BCUT2D eigenvalue weighted by Gasteiger charge is -2.09. The van der Waals surface area contributed by atoms with Crippen molar-refractivity contribution < 1.29 is 13.2 Å². The van der Waals surface area contributed by atoms with Crippen molar-refractivity contribution in [3.8, 4) is 0 Å². The highest BCUT2D eigenvalue weighted by Crippen LogP contribution is 2.33. The second-order valence-electron chi connectivity index (χ2n) is 3.94. The second-order valence-corrected chi connectivity index (χ2v) is 5.92. The van der Waals surface area contributed by atoms with E-state index in [2.05, 4.69) is 20.9 Å². The van der Waals surface area contributed by atoms with Gasteiger partial charge in [-0.05, 0) is 29.8 Å². The van der Waals surface area contributed by atoms with E-state index < -0.39 is 11.7 Å². The Morgan fingerprint density at radius 3 is 2.50 bits per heavy atom. The first kappa shape index (κ1) is 15.3. The Balaban J connectivity index is 2.24. The maximum atomic E-state index is 12.4. The molecule has 2 aromatic rings. The molecule has 20 heavy (non-hydrogen) atoms. The van der Waals surface area contributed by atoms with Crippen molar-refractivity contribution in [3.05, 3.63) is 52.1 Å². The van der Waals surface area contributed by atoms with Gasteiger partial charge in [0.1, 0.15) is 5.03 Å². The van der Waals surface area contributed by atoms with Crippen LogP contribution in [0.2, 0.25) is 0 Å². The molecule has 0 aliphatic heterocycles. The summed E-state index contributed by atoms with van der Waals surface area (Å²) in [6.07, 6.45) is -3.53. The number of aromatic nitrogens is 1. The van der Waals surface area contributed by atoms with Gasteiger partial charge in [0.2, 0.25) is 0 Å². The average molecular weight is 363 g/mol. The van der Waals surface area contributed by atoms with Crippen LogP contribution in [0.25, 0.3) is 0 Å². The Labute approximate surface area is 126 Å². The Bertz CT molecular complexity index is 600. The van der Waals surface area contributed by atoms with E-state index in [4.69, 9.17) is 5.73 Å². The number of hydrogen-bond donors (Lipinski definition) is 1. The van der Waals surface area contributed by atoms with E-state index in [1.54, 1.807) is 0 Å². The number of rotatable bonds is 3. The summed E-state index contributed by atoms with van der Waals surface area (Å²) in [5.74, 6) is 0. The van der Waals surface area contributed by atoms with Crippen molar-refractivity contribution >= 4 is 27.7 Å². The molecule has 106 valence electrons. The van der Waals surface area contributed by atoms with E-state index in [9.17, 15) is 13.2 Å². The summed E-state index contributed by atoms with van der Waals surface area (Å²) in [4.78, 5) is 4.70. The number of pyridine rings is 1. The molecular formula is C13H10BrF3N2S. The molecule has 2 nitrogen and oxygen atoms in total. The molecule has 0 atom stereocenters. The molecule has 1 heterocycles. The predicted molar refractivity (Wildman–Crippen MR) is 75.4 cm³/mol. The van der Waals surface area contributed by atoms with E-state index in [0.717, 1.165) is 27.2 Å². The van der Waals surface area contributed by atoms with Gasteiger partial charge in [0, 0.05) is 22.1 Å². The highest BCUT2D eigenvalue weighted by Gasteiger charge is 2.30. The van der Waals surface area contributed by atoms with E-state index in [0.29, 0.717) is 11.6 Å². The first-order valence-electron chi connectivity index (χ1n) is 5.60. The van der Waals surface area contributed by atoms with Gasteiger partial charge in [-0.2, -0.15) is 13.2 Å². The van der Waals surface area contributed by atoms with Crippen LogP contribution in [0.15, 0.2) is 50.9 Å². The molecule has 2 N–H and O–H groups in total. The Morgan fingerprint density at radius 2 is 1.95 bits per heavy atom. The molecule has 0 fully saturated rings. The molecule has 0 unspecified atom stereocenters. The minimum Gasteiger partial charge on any atom is -0.326 e. The van der Waals surface area contributed by atoms with Crippen molar-refractivity contribution in [2.24, 2.45) is 5.73 Å². The number of nitrogens with two attached hydrogens (primary N) is 1. The fraction of sp³-hybridized carbons (Fsp3) is 0.154. The zero-order valence-corrected chi connectivity index (χ0v) is 12.5. The quantitative estimate of drug-likeness (QED) is 0.875. The predicted octanol–water partition coefficient (Wildman–Crippen LogP) is 4.47. The van der Waals surface area contributed by atoms with Gasteiger partial charge in [-0.15, -0.1) is 0 Å². The van der Waals surface area contributed by atoms with E-state index in [1.165, 1.54) is 17.8 Å². The Kier molecular flexibility index (Phi) is 4.72. The number of nitrogens with zero attached hydrogens (tertiary/aromatic N) is 1. The van der Waals surface area contributed by atoms with Crippen molar-refractivity contribution in [1.82, 2.24) is 4.98 Å². The molecule has 1 aromatic carbocycles. The Hall–Kier alpha value is -1.05. The molecule has 2 rings (SSSR count). The molecule has 7 heteroatoms. The van der Waals surface area contributed by atoms with Gasteiger partial charge in [0.15, 0.2) is 0 Å². The first-order chi connectivity index (χ1) is 9.40. The van der Waals surface area contributed by atoms with Gasteiger partial charge >= 0.3 is 6.18 Å². The number of benzene rings is 1. The zero-order chi connectivity index (χ0) is 14.8. The summed E-state index contributed by atoms with van der Waals surface area (Å²) in [6, 6.07) is 7.99. The minimum atomic E-state index is -4.37. The maximum absolute atomic E-state index is 12.4. The van der Waals surface area contributed by atoms with Gasteiger partial charge in [0.25, 0.3) is 0 Å². The fourth-order valence-electron chi connectivity index (χ4n) is 1.51. The van der Waals surface area contributed by atoms with E-state index >= 15 is 0 Å². The zero-order valence-electron chi connectivity index (χ0n) is 10.1. The van der Waals surface area contributed by atoms with Crippen LogP contribution >= 0.6 is 27.7 Å². The van der Waals surface area contributed by atoms with Crippen LogP contribution in [0.3, 0.4) is 0 Å². The molecule has 0 saturated carbocycles. The van der Waals surface area contributed by atoms with Crippen molar-refractivity contribution in [3.63, 3.8) is 0 Å². The summed E-state index contributed by atoms with van der Waals surface area (Å²) in [5, 5.41) is 0.491. The summed E-state index contributed by atoms with van der Waals surface area (Å²) < 4.78 is 38.2. The standard InChI is InChI=1S/C13H10BrF3N2S/c14-10-3-1-8(6-18)11(5-10)20-12-4-2-9(7-19-12)13(15,16)17/h1-5,7H,6,18H2. The fourth-order valence-corrected chi connectivity index (χ4v) is 2.96. The van der Waals surface area contributed by atoms with Gasteiger partial charge in [0.05, 0.1) is 5.56 Å². The Morgan fingerprint density at radius 1 is 1.20 bits per heavy atom. The molecule has 0 spiro atoms. The lowest BCUT2D eigenvalue weighted by atomic mass is 10.2. The highest BCUT2D eigenvalue weighted by atomic mass is 79.9. The molecule has 0 aliphatic rings.